The molecule has 0 spiro atoms. The van der Waals surface area contributed by atoms with Crippen molar-refractivity contribution in [2.75, 3.05) is 6.54 Å². The van der Waals surface area contributed by atoms with Gasteiger partial charge >= 0.3 is 6.09 Å². The fourth-order valence-electron chi connectivity index (χ4n) is 3.83. The minimum absolute atomic E-state index is 0.0680. The zero-order chi connectivity index (χ0) is 23.9. The quantitative estimate of drug-likeness (QED) is 0.520. The minimum atomic E-state index is -0.991. The molecule has 1 aromatic rings. The number of nitrogens with one attached hydrogen (secondary N) is 2. The summed E-state index contributed by atoms with van der Waals surface area (Å²) in [4.78, 5) is 39.4. The first-order chi connectivity index (χ1) is 15.0. The van der Waals surface area contributed by atoms with Crippen LogP contribution in [0.5, 0.6) is 0 Å². The van der Waals surface area contributed by atoms with Crippen LogP contribution >= 0.6 is 0 Å². The van der Waals surface area contributed by atoms with Crippen molar-refractivity contribution in [3.05, 3.63) is 34.9 Å². The summed E-state index contributed by atoms with van der Waals surface area (Å²) in [6.07, 6.45) is 10.1. The number of hydrogen-bond acceptors (Lipinski definition) is 4. The Morgan fingerprint density at radius 3 is 2.44 bits per heavy atom. The van der Waals surface area contributed by atoms with Crippen LogP contribution in [0.1, 0.15) is 75.6 Å². The highest BCUT2D eigenvalue weighted by Gasteiger charge is 2.33. The number of carbonyl (C=O) groups excluding carboxylic acids is 3. The third-order valence-electron chi connectivity index (χ3n) is 5.59. The molecule has 1 fully saturated rings. The summed E-state index contributed by atoms with van der Waals surface area (Å²) in [5.41, 5.74) is 1.86. The Labute approximate surface area is 191 Å². The highest BCUT2D eigenvalue weighted by molar-refractivity contribution is 5.92. The molecule has 1 atom stereocenters. The van der Waals surface area contributed by atoms with Crippen LogP contribution in [0.3, 0.4) is 0 Å². The summed E-state index contributed by atoms with van der Waals surface area (Å²) in [5.74, 6) is -0.878. The van der Waals surface area contributed by atoms with Gasteiger partial charge in [-0.15, -0.1) is 0 Å². The van der Waals surface area contributed by atoms with Gasteiger partial charge < -0.3 is 15.4 Å². The van der Waals surface area contributed by atoms with E-state index >= 15 is 0 Å². The lowest BCUT2D eigenvalue weighted by Crippen LogP contribution is -2.48. The Morgan fingerprint density at radius 1 is 1.19 bits per heavy atom. The summed E-state index contributed by atoms with van der Waals surface area (Å²) in [6.45, 7) is 8.67. The van der Waals surface area contributed by atoms with Crippen molar-refractivity contribution in [3.8, 4) is 12.5 Å². The third-order valence-corrected chi connectivity index (χ3v) is 5.59. The largest absolute Gasteiger partial charge is 0.444 e. The lowest BCUT2D eigenvalue weighted by Gasteiger charge is -2.31. The Bertz CT molecular complexity index is 876. The molecule has 3 amide bonds. The van der Waals surface area contributed by atoms with Crippen molar-refractivity contribution in [1.29, 1.82) is 0 Å². The van der Waals surface area contributed by atoms with E-state index in [1.54, 1.807) is 20.8 Å². The third kappa shape index (κ3) is 7.01. The van der Waals surface area contributed by atoms with E-state index in [0.29, 0.717) is 5.56 Å². The smallest absolute Gasteiger partial charge is 0.408 e. The number of terminal acetylenes is 1. The topological polar surface area (TPSA) is 87.7 Å². The van der Waals surface area contributed by atoms with Gasteiger partial charge in [0.15, 0.2) is 0 Å². The van der Waals surface area contributed by atoms with Crippen LogP contribution in [0.2, 0.25) is 0 Å². The van der Waals surface area contributed by atoms with Crippen molar-refractivity contribution in [2.45, 2.75) is 84.4 Å². The van der Waals surface area contributed by atoms with E-state index in [1.165, 1.54) is 0 Å². The number of carbonyl (C=O) groups is 3. The van der Waals surface area contributed by atoms with Crippen LogP contribution in [-0.4, -0.2) is 41.0 Å². The summed E-state index contributed by atoms with van der Waals surface area (Å²) in [6, 6.07) is 7.05. The summed E-state index contributed by atoms with van der Waals surface area (Å²) >= 11 is 0. The Hall–Kier alpha value is -3.01. The van der Waals surface area contributed by atoms with Gasteiger partial charge in [-0.05, 0) is 64.2 Å². The predicted octanol–water partition coefficient (Wildman–Crippen LogP) is 3.74. The average molecular weight is 442 g/mol. The van der Waals surface area contributed by atoms with E-state index in [4.69, 9.17) is 11.2 Å². The Balaban J connectivity index is 2.26. The first-order valence-electron chi connectivity index (χ1n) is 11.1. The molecule has 0 aliphatic heterocycles. The number of ether oxygens (including phenoxy) is 1. The molecule has 0 radical (unpaired) electrons. The van der Waals surface area contributed by atoms with E-state index < -0.39 is 23.6 Å². The molecule has 2 N–H and O–H groups in total. The molecule has 32 heavy (non-hydrogen) atoms. The number of aryl methyl sites for hydroxylation is 1. The van der Waals surface area contributed by atoms with Gasteiger partial charge in [0, 0.05) is 12.1 Å². The van der Waals surface area contributed by atoms with E-state index in [0.717, 1.165) is 48.1 Å². The number of benzene rings is 1. The highest BCUT2D eigenvalue weighted by atomic mass is 16.6. The molecule has 7 nitrogen and oxygen atoms in total. The maximum atomic E-state index is 13.4. The van der Waals surface area contributed by atoms with E-state index in [2.05, 4.69) is 16.7 Å². The van der Waals surface area contributed by atoms with Crippen LogP contribution in [-0.2, 0) is 14.3 Å². The summed E-state index contributed by atoms with van der Waals surface area (Å²) in [5, 5.41) is 5.52. The van der Waals surface area contributed by atoms with Crippen molar-refractivity contribution in [1.82, 2.24) is 15.5 Å². The zero-order valence-electron chi connectivity index (χ0n) is 19.8. The minimum Gasteiger partial charge on any atom is -0.444 e. The van der Waals surface area contributed by atoms with Crippen LogP contribution in [0.15, 0.2) is 18.2 Å². The molecule has 0 saturated heterocycles. The molecule has 7 heteroatoms. The number of amides is 3. The van der Waals surface area contributed by atoms with Crippen LogP contribution in [0, 0.1) is 26.3 Å². The van der Waals surface area contributed by atoms with Crippen LogP contribution < -0.4 is 10.6 Å². The lowest BCUT2D eigenvalue weighted by molar-refractivity contribution is -0.137. The van der Waals surface area contributed by atoms with Gasteiger partial charge in [0.1, 0.15) is 18.2 Å². The van der Waals surface area contributed by atoms with Gasteiger partial charge in [-0.2, -0.15) is 0 Å². The summed E-state index contributed by atoms with van der Waals surface area (Å²) in [7, 11) is 0. The second kappa shape index (κ2) is 11.0. The molecule has 1 saturated carbocycles. The lowest BCUT2D eigenvalue weighted by atomic mass is 9.93. The van der Waals surface area contributed by atoms with Gasteiger partial charge in [-0.25, -0.2) is 4.79 Å². The first kappa shape index (κ1) is 25.3. The number of alkyl carbamates (subject to hydrolysis) is 1. The van der Waals surface area contributed by atoms with E-state index in [9.17, 15) is 14.4 Å². The molecule has 174 valence electrons. The van der Waals surface area contributed by atoms with Gasteiger partial charge in [-0.1, -0.05) is 43.9 Å². The molecule has 0 aromatic heterocycles. The molecule has 1 aliphatic carbocycles. The molecule has 0 bridgehead atoms. The Kier molecular flexibility index (Phi) is 8.71. The van der Waals surface area contributed by atoms with Gasteiger partial charge in [0.05, 0.1) is 0 Å². The number of hydrogen-bond donors (Lipinski definition) is 2. The fraction of sp³-hybridized carbons (Fsp3) is 0.560. The van der Waals surface area contributed by atoms with Crippen LogP contribution in [0.25, 0.3) is 0 Å². The zero-order valence-corrected chi connectivity index (χ0v) is 19.8. The predicted molar refractivity (Wildman–Crippen MR) is 124 cm³/mol. The maximum absolute atomic E-state index is 13.4. The van der Waals surface area contributed by atoms with Gasteiger partial charge in [-0.3, -0.25) is 14.5 Å². The van der Waals surface area contributed by atoms with Crippen molar-refractivity contribution < 1.29 is 19.1 Å². The molecule has 1 aromatic carbocycles. The SMILES string of the molecule is C#CN(C(=O)CNC(=O)OC(C)(C)C)C(C(=O)NC1CCCCC1)c1cccc(C)c1C. The monoisotopic (exact) mass is 441 g/mol. The molecule has 0 heterocycles. The maximum Gasteiger partial charge on any atom is 0.408 e. The van der Waals surface area contributed by atoms with Crippen molar-refractivity contribution >= 4 is 17.9 Å². The highest BCUT2D eigenvalue weighted by Crippen LogP contribution is 2.27. The van der Waals surface area contributed by atoms with Crippen molar-refractivity contribution in [2.24, 2.45) is 0 Å². The second-order valence-electron chi connectivity index (χ2n) is 9.28. The van der Waals surface area contributed by atoms with Crippen LogP contribution in [0.4, 0.5) is 4.79 Å². The second-order valence-corrected chi connectivity index (χ2v) is 9.28. The van der Waals surface area contributed by atoms with Crippen molar-refractivity contribution in [3.63, 3.8) is 0 Å². The molecule has 2 rings (SSSR count). The molecular weight excluding hydrogens is 406 g/mol. The molecule has 1 aliphatic rings. The fourth-order valence-corrected chi connectivity index (χ4v) is 3.83. The number of rotatable bonds is 6. The standard InChI is InChI=1S/C25H35N3O4/c1-7-28(21(29)16-26-24(31)32-25(4,5)6)22(20-15-11-12-17(2)18(20)3)23(30)27-19-13-9-8-10-14-19/h1,11-12,15,19,22H,8-10,13-14,16H2,2-6H3,(H,26,31)(H,27,30). The molecular formula is C25H35N3O4. The molecule has 1 unspecified atom stereocenters. The van der Waals surface area contributed by atoms with E-state index in [1.807, 2.05) is 32.0 Å². The van der Waals surface area contributed by atoms with Gasteiger partial charge in [0.2, 0.25) is 5.91 Å². The normalized spacial score (nSPS) is 15.2. The first-order valence-corrected chi connectivity index (χ1v) is 11.1. The Morgan fingerprint density at radius 2 is 1.84 bits per heavy atom. The summed E-state index contributed by atoms with van der Waals surface area (Å²) < 4.78 is 5.18. The van der Waals surface area contributed by atoms with E-state index in [-0.39, 0.29) is 18.5 Å². The average Bonchev–Trinajstić information content (AvgIpc) is 2.72. The number of nitrogens with zero attached hydrogens (tertiary/aromatic N) is 1. The van der Waals surface area contributed by atoms with Gasteiger partial charge in [0.25, 0.3) is 5.91 Å².